The zero-order valence-corrected chi connectivity index (χ0v) is 19.0. The molecule has 0 spiro atoms. The average molecular weight is 468 g/mol. The van der Waals surface area contributed by atoms with Crippen molar-refractivity contribution in [2.24, 2.45) is 5.92 Å². The van der Waals surface area contributed by atoms with Crippen LogP contribution in [0.2, 0.25) is 5.02 Å². The topological polar surface area (TPSA) is 108 Å². The zero-order valence-electron chi connectivity index (χ0n) is 17.5. The number of nitrogens with one attached hydrogen (secondary N) is 2. The SMILES string of the molecule is Cc1noc(C)c1S(=O)(=O)N1CCCN(C(=O)C2CNNC2c2ccc(Cl)cc2)CC1. The molecular formula is C20H26ClN5O4S. The third kappa shape index (κ3) is 4.35. The van der Waals surface area contributed by atoms with Crippen LogP contribution in [0, 0.1) is 19.8 Å². The van der Waals surface area contributed by atoms with E-state index in [1.165, 1.54) is 4.31 Å². The molecule has 4 rings (SSSR count). The van der Waals surface area contributed by atoms with E-state index in [0.29, 0.717) is 43.3 Å². The summed E-state index contributed by atoms with van der Waals surface area (Å²) in [5.74, 6) is 0.00419. The van der Waals surface area contributed by atoms with Crippen molar-refractivity contribution in [3.05, 3.63) is 46.3 Å². The molecule has 2 saturated heterocycles. The van der Waals surface area contributed by atoms with E-state index in [9.17, 15) is 13.2 Å². The van der Waals surface area contributed by atoms with Crippen LogP contribution in [0.1, 0.15) is 29.5 Å². The molecule has 2 N–H and O–H groups in total. The number of carbonyl (C=O) groups excluding carboxylic acids is 1. The van der Waals surface area contributed by atoms with Crippen LogP contribution >= 0.6 is 11.6 Å². The fourth-order valence-electron chi connectivity index (χ4n) is 4.27. The van der Waals surface area contributed by atoms with E-state index in [1.54, 1.807) is 18.7 Å². The molecule has 1 aromatic carbocycles. The van der Waals surface area contributed by atoms with Gasteiger partial charge in [-0.25, -0.2) is 13.8 Å². The Labute approximate surface area is 186 Å². The minimum Gasteiger partial charge on any atom is -0.360 e. The summed E-state index contributed by atoms with van der Waals surface area (Å²) in [6.07, 6.45) is 0.563. The first-order valence-corrected chi connectivity index (χ1v) is 12.1. The van der Waals surface area contributed by atoms with Gasteiger partial charge in [-0.3, -0.25) is 10.2 Å². The molecule has 0 radical (unpaired) electrons. The summed E-state index contributed by atoms with van der Waals surface area (Å²) in [6, 6.07) is 7.26. The number of hydrazine groups is 1. The summed E-state index contributed by atoms with van der Waals surface area (Å²) >= 11 is 5.99. The third-order valence-electron chi connectivity index (χ3n) is 5.86. The number of hydrogen-bond acceptors (Lipinski definition) is 7. The van der Waals surface area contributed by atoms with Crippen molar-refractivity contribution in [2.75, 3.05) is 32.7 Å². The zero-order chi connectivity index (χ0) is 22.2. The van der Waals surface area contributed by atoms with Gasteiger partial charge < -0.3 is 9.42 Å². The molecule has 3 heterocycles. The highest BCUT2D eigenvalue weighted by atomic mass is 35.5. The summed E-state index contributed by atoms with van der Waals surface area (Å²) < 4.78 is 32.7. The Morgan fingerprint density at radius 2 is 1.90 bits per heavy atom. The summed E-state index contributed by atoms with van der Waals surface area (Å²) in [5, 5.41) is 4.41. The second-order valence-corrected chi connectivity index (χ2v) is 10.2. The fourth-order valence-corrected chi connectivity index (χ4v) is 6.16. The Hall–Kier alpha value is -1.98. The van der Waals surface area contributed by atoms with Gasteiger partial charge in [-0.15, -0.1) is 0 Å². The third-order valence-corrected chi connectivity index (χ3v) is 8.26. The number of halogens is 1. The van der Waals surface area contributed by atoms with E-state index in [-0.39, 0.29) is 35.1 Å². The summed E-state index contributed by atoms with van der Waals surface area (Å²) in [6.45, 7) is 5.14. The molecule has 9 nitrogen and oxygen atoms in total. The first kappa shape index (κ1) is 22.2. The molecule has 0 aliphatic carbocycles. The number of carbonyl (C=O) groups is 1. The summed E-state index contributed by atoms with van der Waals surface area (Å²) in [7, 11) is -3.73. The Morgan fingerprint density at radius 1 is 1.16 bits per heavy atom. The molecule has 1 aromatic heterocycles. The van der Waals surface area contributed by atoms with Crippen LogP contribution in [0.5, 0.6) is 0 Å². The monoisotopic (exact) mass is 467 g/mol. The molecule has 31 heavy (non-hydrogen) atoms. The molecule has 1 amide bonds. The smallest absolute Gasteiger partial charge is 0.248 e. The lowest BCUT2D eigenvalue weighted by Crippen LogP contribution is -2.42. The molecule has 11 heteroatoms. The predicted molar refractivity (Wildman–Crippen MR) is 115 cm³/mol. The predicted octanol–water partition coefficient (Wildman–Crippen LogP) is 1.63. The minimum atomic E-state index is -3.73. The molecule has 2 atom stereocenters. The largest absolute Gasteiger partial charge is 0.360 e. The van der Waals surface area contributed by atoms with Gasteiger partial charge in [0.05, 0.1) is 12.0 Å². The van der Waals surface area contributed by atoms with Crippen LogP contribution in [-0.4, -0.2) is 61.4 Å². The number of aryl methyl sites for hydroxylation is 2. The van der Waals surface area contributed by atoms with Crippen molar-refractivity contribution in [1.82, 2.24) is 25.2 Å². The molecule has 2 aromatic rings. The van der Waals surface area contributed by atoms with Crippen LogP contribution in [0.4, 0.5) is 0 Å². The van der Waals surface area contributed by atoms with Crippen LogP contribution in [0.15, 0.2) is 33.7 Å². The van der Waals surface area contributed by atoms with Crippen molar-refractivity contribution in [2.45, 2.75) is 31.2 Å². The number of hydrogen-bond donors (Lipinski definition) is 2. The van der Waals surface area contributed by atoms with E-state index in [2.05, 4.69) is 16.0 Å². The normalized spacial score (nSPS) is 23.1. The second kappa shape index (κ2) is 8.87. The van der Waals surface area contributed by atoms with Gasteiger partial charge in [0.1, 0.15) is 10.6 Å². The van der Waals surface area contributed by atoms with E-state index in [0.717, 1.165) is 5.56 Å². The van der Waals surface area contributed by atoms with E-state index in [4.69, 9.17) is 16.1 Å². The number of aromatic nitrogens is 1. The van der Waals surface area contributed by atoms with E-state index < -0.39 is 10.0 Å². The second-order valence-electron chi connectivity index (χ2n) is 7.90. The Morgan fingerprint density at radius 3 is 2.58 bits per heavy atom. The molecule has 2 unspecified atom stereocenters. The van der Waals surface area contributed by atoms with Gasteiger partial charge in [-0.2, -0.15) is 4.31 Å². The van der Waals surface area contributed by atoms with Crippen molar-refractivity contribution >= 4 is 27.5 Å². The quantitative estimate of drug-likeness (QED) is 0.703. The van der Waals surface area contributed by atoms with Crippen molar-refractivity contribution in [3.8, 4) is 0 Å². The van der Waals surface area contributed by atoms with Crippen LogP contribution in [0.3, 0.4) is 0 Å². The fraction of sp³-hybridized carbons (Fsp3) is 0.500. The van der Waals surface area contributed by atoms with Crippen LogP contribution in [-0.2, 0) is 14.8 Å². The molecule has 2 fully saturated rings. The highest BCUT2D eigenvalue weighted by Crippen LogP contribution is 2.29. The van der Waals surface area contributed by atoms with E-state index >= 15 is 0 Å². The first-order valence-electron chi connectivity index (χ1n) is 10.2. The standard InChI is InChI=1S/C20H26ClN5O4S/c1-13-19(14(2)30-24-13)31(28,29)26-9-3-8-25(10-11-26)20(27)17-12-22-23-18(17)15-4-6-16(21)7-5-15/h4-7,17-18,22-23H,3,8-12H2,1-2H3. The van der Waals surface area contributed by atoms with Crippen LogP contribution < -0.4 is 10.9 Å². The van der Waals surface area contributed by atoms with Gasteiger partial charge in [-0.05, 0) is 38.0 Å². The van der Waals surface area contributed by atoms with Gasteiger partial charge in [0.25, 0.3) is 0 Å². The van der Waals surface area contributed by atoms with Crippen LogP contribution in [0.25, 0.3) is 0 Å². The number of rotatable bonds is 4. The number of amides is 1. The first-order chi connectivity index (χ1) is 14.8. The number of sulfonamides is 1. The summed E-state index contributed by atoms with van der Waals surface area (Å²) in [4.78, 5) is 15.2. The lowest BCUT2D eigenvalue weighted by Gasteiger charge is -2.27. The maximum atomic E-state index is 13.3. The summed E-state index contributed by atoms with van der Waals surface area (Å²) in [5.41, 5.74) is 7.59. The molecule has 2 aliphatic heterocycles. The van der Waals surface area contributed by atoms with Crippen molar-refractivity contribution in [1.29, 1.82) is 0 Å². The molecule has 0 saturated carbocycles. The highest BCUT2D eigenvalue weighted by molar-refractivity contribution is 7.89. The maximum absolute atomic E-state index is 13.3. The Bertz CT molecular complexity index is 1040. The van der Waals surface area contributed by atoms with Gasteiger partial charge in [0, 0.05) is 37.7 Å². The molecule has 168 valence electrons. The number of benzene rings is 1. The molecule has 0 bridgehead atoms. The maximum Gasteiger partial charge on any atom is 0.248 e. The molecular weight excluding hydrogens is 442 g/mol. The number of nitrogens with zero attached hydrogens (tertiary/aromatic N) is 3. The van der Waals surface area contributed by atoms with E-state index in [1.807, 2.05) is 24.3 Å². The van der Waals surface area contributed by atoms with Gasteiger partial charge in [-0.1, -0.05) is 28.9 Å². The van der Waals surface area contributed by atoms with Gasteiger partial charge in [0.15, 0.2) is 5.76 Å². The minimum absolute atomic E-state index is 0.00837. The lowest BCUT2D eigenvalue weighted by atomic mass is 9.93. The van der Waals surface area contributed by atoms with Crippen molar-refractivity contribution in [3.63, 3.8) is 0 Å². The highest BCUT2D eigenvalue weighted by Gasteiger charge is 2.38. The molecule has 2 aliphatic rings. The van der Waals surface area contributed by atoms with Gasteiger partial charge >= 0.3 is 0 Å². The average Bonchev–Trinajstić information content (AvgIpc) is 3.26. The van der Waals surface area contributed by atoms with Gasteiger partial charge in [0.2, 0.25) is 15.9 Å². The Balaban J connectivity index is 1.47. The lowest BCUT2D eigenvalue weighted by molar-refractivity contribution is -0.135. The van der Waals surface area contributed by atoms with Crippen molar-refractivity contribution < 1.29 is 17.7 Å². The Kier molecular flexibility index (Phi) is 6.36.